The van der Waals surface area contributed by atoms with Crippen molar-refractivity contribution in [2.24, 2.45) is 0 Å². The van der Waals surface area contributed by atoms with Crippen molar-refractivity contribution in [3.05, 3.63) is 60.3 Å². The smallest absolute Gasteiger partial charge is 0.119 e. The summed E-state index contributed by atoms with van der Waals surface area (Å²) in [5.41, 5.74) is 8.76. The molecule has 3 heteroatoms. The van der Waals surface area contributed by atoms with Crippen LogP contribution in [0.2, 0.25) is 0 Å². The third kappa shape index (κ3) is 1.91. The first-order chi connectivity index (χ1) is 8.84. The summed E-state index contributed by atoms with van der Waals surface area (Å²) in [5, 5.41) is 1.12. The first-order valence-electron chi connectivity index (χ1n) is 5.87. The average Bonchev–Trinajstić information content (AvgIpc) is 2.82. The summed E-state index contributed by atoms with van der Waals surface area (Å²) in [6, 6.07) is 15.7. The molecule has 90 valence electrons. The number of hydrogen-bond acceptors (Lipinski definition) is 2. The second kappa shape index (κ2) is 4.45. The van der Waals surface area contributed by atoms with E-state index < -0.39 is 0 Å². The van der Waals surface area contributed by atoms with Gasteiger partial charge in [-0.05, 0) is 18.2 Å². The zero-order chi connectivity index (χ0) is 12.4. The minimum atomic E-state index is 0.535. The maximum atomic E-state index is 5.90. The van der Waals surface area contributed by atoms with Crippen molar-refractivity contribution in [3.63, 3.8) is 0 Å². The van der Waals surface area contributed by atoms with Crippen LogP contribution in [0, 0.1) is 0 Å². The zero-order valence-corrected chi connectivity index (χ0v) is 9.89. The van der Waals surface area contributed by atoms with E-state index in [4.69, 9.17) is 10.5 Å². The lowest BCUT2D eigenvalue weighted by Crippen LogP contribution is -1.94. The average molecular weight is 238 g/mol. The monoisotopic (exact) mass is 238 g/mol. The Bertz CT molecular complexity index is 659. The fourth-order valence-corrected chi connectivity index (χ4v) is 2.03. The molecule has 3 nitrogen and oxygen atoms in total. The van der Waals surface area contributed by atoms with E-state index in [9.17, 15) is 0 Å². The molecule has 0 aliphatic carbocycles. The van der Waals surface area contributed by atoms with E-state index in [1.54, 1.807) is 0 Å². The summed E-state index contributed by atoms with van der Waals surface area (Å²) in [6.45, 7) is 0.535. The maximum Gasteiger partial charge on any atom is 0.119 e. The summed E-state index contributed by atoms with van der Waals surface area (Å²) < 4.78 is 5.74. The molecule has 0 aliphatic heterocycles. The van der Waals surface area contributed by atoms with Crippen molar-refractivity contribution in [2.45, 2.75) is 6.61 Å². The number of aromatic amines is 1. The second-order valence-corrected chi connectivity index (χ2v) is 4.19. The molecule has 0 bridgehead atoms. The Morgan fingerprint density at radius 2 is 1.83 bits per heavy atom. The minimum absolute atomic E-state index is 0.535. The molecule has 2 aromatic carbocycles. The maximum absolute atomic E-state index is 5.90. The topological polar surface area (TPSA) is 51.0 Å². The van der Waals surface area contributed by atoms with Crippen LogP contribution >= 0.6 is 0 Å². The molecule has 0 amide bonds. The molecule has 0 unspecified atom stereocenters. The van der Waals surface area contributed by atoms with Gasteiger partial charge in [0.25, 0.3) is 0 Å². The van der Waals surface area contributed by atoms with Crippen LogP contribution in [0.4, 0.5) is 5.69 Å². The summed E-state index contributed by atoms with van der Waals surface area (Å²) >= 11 is 0. The number of ether oxygens (including phenoxy) is 1. The highest BCUT2D eigenvalue weighted by molar-refractivity contribution is 5.92. The number of nitrogens with one attached hydrogen (secondary N) is 1. The molecular weight excluding hydrogens is 224 g/mol. The van der Waals surface area contributed by atoms with Crippen LogP contribution in [0.3, 0.4) is 0 Å². The van der Waals surface area contributed by atoms with Crippen LogP contribution in [-0.2, 0) is 6.61 Å². The van der Waals surface area contributed by atoms with Gasteiger partial charge in [0.2, 0.25) is 0 Å². The first kappa shape index (κ1) is 10.7. The Kier molecular flexibility index (Phi) is 2.65. The van der Waals surface area contributed by atoms with Gasteiger partial charge in [0.1, 0.15) is 12.4 Å². The molecule has 3 N–H and O–H groups in total. The van der Waals surface area contributed by atoms with Crippen LogP contribution < -0.4 is 10.5 Å². The largest absolute Gasteiger partial charge is 0.489 e. The van der Waals surface area contributed by atoms with Crippen molar-refractivity contribution in [2.75, 3.05) is 5.73 Å². The number of H-pyrrole nitrogens is 1. The number of anilines is 1. The van der Waals surface area contributed by atoms with Crippen LogP contribution in [0.15, 0.2) is 54.7 Å². The van der Waals surface area contributed by atoms with E-state index in [1.165, 1.54) is 0 Å². The lowest BCUT2D eigenvalue weighted by atomic mass is 10.1. The number of para-hydroxylation sites is 2. The molecule has 3 rings (SSSR count). The molecule has 0 atom stereocenters. The third-order valence-corrected chi connectivity index (χ3v) is 2.97. The van der Waals surface area contributed by atoms with Crippen molar-refractivity contribution in [1.29, 1.82) is 0 Å². The van der Waals surface area contributed by atoms with Gasteiger partial charge in [-0.1, -0.05) is 30.3 Å². The number of nitrogens with two attached hydrogens (primary N) is 1. The molecule has 0 radical (unpaired) electrons. The molecular formula is C15H14N2O. The van der Waals surface area contributed by atoms with Gasteiger partial charge in [-0.25, -0.2) is 0 Å². The second-order valence-electron chi connectivity index (χ2n) is 4.19. The quantitative estimate of drug-likeness (QED) is 0.688. The summed E-state index contributed by atoms with van der Waals surface area (Å²) in [4.78, 5) is 3.19. The van der Waals surface area contributed by atoms with E-state index in [1.807, 2.05) is 54.7 Å². The number of rotatable bonds is 3. The van der Waals surface area contributed by atoms with Gasteiger partial charge in [-0.2, -0.15) is 0 Å². The molecule has 0 saturated heterocycles. The van der Waals surface area contributed by atoms with E-state index >= 15 is 0 Å². The van der Waals surface area contributed by atoms with E-state index in [0.717, 1.165) is 27.9 Å². The van der Waals surface area contributed by atoms with E-state index in [-0.39, 0.29) is 0 Å². The fraction of sp³-hybridized carbons (Fsp3) is 0.0667. The normalized spacial score (nSPS) is 10.7. The highest BCUT2D eigenvalue weighted by atomic mass is 16.5. The molecule has 0 fully saturated rings. The lowest BCUT2D eigenvalue weighted by molar-refractivity contribution is 0.307. The fourth-order valence-electron chi connectivity index (χ4n) is 2.03. The Balaban J connectivity index is 1.85. The highest BCUT2D eigenvalue weighted by Gasteiger charge is 2.06. The van der Waals surface area contributed by atoms with Crippen molar-refractivity contribution < 1.29 is 4.74 Å². The molecule has 1 heterocycles. The molecule has 0 aliphatic rings. The predicted molar refractivity (Wildman–Crippen MR) is 73.5 cm³/mol. The number of benzene rings is 2. The van der Waals surface area contributed by atoms with Gasteiger partial charge in [0, 0.05) is 17.1 Å². The van der Waals surface area contributed by atoms with Gasteiger partial charge in [0.15, 0.2) is 0 Å². The Morgan fingerprint density at radius 3 is 2.67 bits per heavy atom. The van der Waals surface area contributed by atoms with Crippen LogP contribution in [0.1, 0.15) is 5.56 Å². The van der Waals surface area contributed by atoms with E-state index in [2.05, 4.69) is 4.98 Å². The van der Waals surface area contributed by atoms with Gasteiger partial charge in [0.05, 0.1) is 11.2 Å². The highest BCUT2D eigenvalue weighted by Crippen LogP contribution is 2.24. The third-order valence-electron chi connectivity index (χ3n) is 2.97. The van der Waals surface area contributed by atoms with Crippen molar-refractivity contribution in [1.82, 2.24) is 4.98 Å². The SMILES string of the molecule is Nc1cccc2c(COc3ccccc3)c[nH]c12. The Labute approximate surface area is 105 Å². The molecule has 1 aromatic heterocycles. The molecule has 0 spiro atoms. The van der Waals surface area contributed by atoms with Gasteiger partial charge in [-0.15, -0.1) is 0 Å². The number of aromatic nitrogens is 1. The number of fused-ring (bicyclic) bond motifs is 1. The van der Waals surface area contributed by atoms with Crippen LogP contribution in [0.25, 0.3) is 10.9 Å². The Morgan fingerprint density at radius 1 is 1.00 bits per heavy atom. The van der Waals surface area contributed by atoms with Crippen molar-refractivity contribution >= 4 is 16.6 Å². The predicted octanol–water partition coefficient (Wildman–Crippen LogP) is 3.33. The van der Waals surface area contributed by atoms with Gasteiger partial charge >= 0.3 is 0 Å². The summed E-state index contributed by atoms with van der Waals surface area (Å²) in [7, 11) is 0. The number of nitrogen functional groups attached to an aromatic ring is 1. The Hall–Kier alpha value is -2.42. The molecule has 3 aromatic rings. The first-order valence-corrected chi connectivity index (χ1v) is 5.87. The van der Waals surface area contributed by atoms with Gasteiger partial charge < -0.3 is 15.5 Å². The minimum Gasteiger partial charge on any atom is -0.489 e. The lowest BCUT2D eigenvalue weighted by Gasteiger charge is -2.04. The molecule has 0 saturated carbocycles. The van der Waals surface area contributed by atoms with Crippen LogP contribution in [0.5, 0.6) is 5.75 Å². The summed E-state index contributed by atoms with van der Waals surface area (Å²) in [6.07, 6.45) is 1.95. The van der Waals surface area contributed by atoms with Crippen LogP contribution in [-0.4, -0.2) is 4.98 Å². The van der Waals surface area contributed by atoms with Crippen molar-refractivity contribution in [3.8, 4) is 5.75 Å². The zero-order valence-electron chi connectivity index (χ0n) is 9.89. The summed E-state index contributed by atoms with van der Waals surface area (Å²) in [5.74, 6) is 0.871. The van der Waals surface area contributed by atoms with E-state index in [0.29, 0.717) is 6.61 Å². The molecule has 18 heavy (non-hydrogen) atoms. The van der Waals surface area contributed by atoms with Gasteiger partial charge in [-0.3, -0.25) is 0 Å². The standard InChI is InChI=1S/C15H14N2O/c16-14-8-4-7-13-11(9-17-15(13)14)10-18-12-5-2-1-3-6-12/h1-9,17H,10,16H2. The number of hydrogen-bond donors (Lipinski definition) is 2.